The van der Waals surface area contributed by atoms with Crippen LogP contribution in [0.15, 0.2) is 54.2 Å². The predicted octanol–water partition coefficient (Wildman–Crippen LogP) is 4.79. The minimum absolute atomic E-state index is 0.896. The van der Waals surface area contributed by atoms with Gasteiger partial charge in [-0.05, 0) is 50.2 Å². The molecule has 0 amide bonds. The van der Waals surface area contributed by atoms with Gasteiger partial charge in [-0.25, -0.2) is 4.98 Å². The highest BCUT2D eigenvalue weighted by atomic mass is 32.1. The number of nitrogens with one attached hydrogen (secondary N) is 1. The monoisotopic (exact) mass is 324 g/mol. The van der Waals surface area contributed by atoms with E-state index in [1.165, 1.54) is 5.69 Å². The zero-order chi connectivity index (χ0) is 16.1. The minimum Gasteiger partial charge on any atom is -0.372 e. The van der Waals surface area contributed by atoms with Crippen molar-refractivity contribution in [3.05, 3.63) is 54.2 Å². The molecular formula is C18H20N4S. The Labute approximate surface area is 140 Å². The van der Waals surface area contributed by atoms with Gasteiger partial charge in [-0.3, -0.25) is 4.98 Å². The summed E-state index contributed by atoms with van der Waals surface area (Å²) < 4.78 is 0. The second kappa shape index (κ2) is 7.24. The van der Waals surface area contributed by atoms with Gasteiger partial charge in [0.05, 0.1) is 5.69 Å². The third-order valence-corrected chi connectivity index (χ3v) is 4.49. The van der Waals surface area contributed by atoms with Crippen LogP contribution in [-0.2, 0) is 0 Å². The maximum absolute atomic E-state index is 4.63. The standard InChI is InChI=1S/C18H20N4S/c1-3-22(4-2)16-7-5-15(6-8-16)20-18-21-17(13-23-18)14-9-11-19-12-10-14/h5-13H,3-4H2,1-2H3,(H,20,21). The van der Waals surface area contributed by atoms with Crippen LogP contribution in [0.25, 0.3) is 11.3 Å². The summed E-state index contributed by atoms with van der Waals surface area (Å²) >= 11 is 1.61. The first-order chi connectivity index (χ1) is 11.3. The molecule has 0 saturated carbocycles. The fourth-order valence-electron chi connectivity index (χ4n) is 2.45. The summed E-state index contributed by atoms with van der Waals surface area (Å²) in [5.41, 5.74) is 4.36. The molecule has 3 rings (SSSR count). The SMILES string of the molecule is CCN(CC)c1ccc(Nc2nc(-c3ccncc3)cs2)cc1. The van der Waals surface area contributed by atoms with Crippen molar-refractivity contribution in [3.63, 3.8) is 0 Å². The number of aromatic nitrogens is 2. The van der Waals surface area contributed by atoms with Crippen molar-refractivity contribution in [2.75, 3.05) is 23.3 Å². The second-order valence-electron chi connectivity index (χ2n) is 5.12. The van der Waals surface area contributed by atoms with Crippen LogP contribution in [0.2, 0.25) is 0 Å². The first kappa shape index (κ1) is 15.5. The highest BCUT2D eigenvalue weighted by Crippen LogP contribution is 2.27. The smallest absolute Gasteiger partial charge is 0.187 e. The van der Waals surface area contributed by atoms with E-state index in [4.69, 9.17) is 0 Å². The number of thiazole rings is 1. The molecule has 23 heavy (non-hydrogen) atoms. The van der Waals surface area contributed by atoms with Crippen LogP contribution in [0.5, 0.6) is 0 Å². The molecular weight excluding hydrogens is 304 g/mol. The molecule has 4 nitrogen and oxygen atoms in total. The highest BCUT2D eigenvalue weighted by Gasteiger charge is 2.05. The summed E-state index contributed by atoms with van der Waals surface area (Å²) in [6.45, 7) is 6.38. The average molecular weight is 324 g/mol. The number of rotatable bonds is 6. The Morgan fingerprint density at radius 3 is 2.35 bits per heavy atom. The van der Waals surface area contributed by atoms with E-state index >= 15 is 0 Å². The fourth-order valence-corrected chi connectivity index (χ4v) is 3.19. The third-order valence-electron chi connectivity index (χ3n) is 3.73. The molecule has 0 aliphatic carbocycles. The molecule has 0 aliphatic rings. The van der Waals surface area contributed by atoms with Crippen molar-refractivity contribution in [2.24, 2.45) is 0 Å². The summed E-state index contributed by atoms with van der Waals surface area (Å²) in [5.74, 6) is 0. The summed E-state index contributed by atoms with van der Waals surface area (Å²) in [6, 6.07) is 12.4. The molecule has 0 fully saturated rings. The lowest BCUT2D eigenvalue weighted by Gasteiger charge is -2.21. The minimum atomic E-state index is 0.896. The summed E-state index contributed by atoms with van der Waals surface area (Å²) in [4.78, 5) is 11.0. The number of hydrogen-bond donors (Lipinski definition) is 1. The van der Waals surface area contributed by atoms with E-state index in [1.807, 2.05) is 12.1 Å². The van der Waals surface area contributed by atoms with E-state index in [1.54, 1.807) is 23.7 Å². The van der Waals surface area contributed by atoms with Crippen molar-refractivity contribution < 1.29 is 0 Å². The van der Waals surface area contributed by atoms with Crippen LogP contribution in [0.3, 0.4) is 0 Å². The van der Waals surface area contributed by atoms with E-state index in [0.29, 0.717) is 0 Å². The van der Waals surface area contributed by atoms with Gasteiger partial charge in [-0.2, -0.15) is 0 Å². The van der Waals surface area contributed by atoms with Crippen LogP contribution in [0.4, 0.5) is 16.5 Å². The van der Waals surface area contributed by atoms with Gasteiger partial charge in [0, 0.05) is 47.8 Å². The Bertz CT molecular complexity index is 733. The molecule has 1 N–H and O–H groups in total. The lowest BCUT2D eigenvalue weighted by molar-refractivity contribution is 0.866. The molecule has 0 saturated heterocycles. The fraction of sp³-hybridized carbons (Fsp3) is 0.222. The highest BCUT2D eigenvalue weighted by molar-refractivity contribution is 7.14. The van der Waals surface area contributed by atoms with Crippen LogP contribution in [-0.4, -0.2) is 23.1 Å². The largest absolute Gasteiger partial charge is 0.372 e. The van der Waals surface area contributed by atoms with E-state index in [0.717, 1.165) is 35.2 Å². The lowest BCUT2D eigenvalue weighted by Crippen LogP contribution is -2.21. The zero-order valence-corrected chi connectivity index (χ0v) is 14.2. The molecule has 5 heteroatoms. The molecule has 3 aromatic rings. The molecule has 0 radical (unpaired) electrons. The first-order valence-electron chi connectivity index (χ1n) is 7.78. The van der Waals surface area contributed by atoms with Crippen molar-refractivity contribution in [2.45, 2.75) is 13.8 Å². The van der Waals surface area contributed by atoms with Crippen LogP contribution < -0.4 is 10.2 Å². The first-order valence-corrected chi connectivity index (χ1v) is 8.66. The summed E-state index contributed by atoms with van der Waals surface area (Å²) in [6.07, 6.45) is 3.57. The molecule has 2 heterocycles. The average Bonchev–Trinajstić information content (AvgIpc) is 3.07. The Balaban J connectivity index is 1.72. The maximum atomic E-state index is 4.63. The molecule has 0 aliphatic heterocycles. The van der Waals surface area contributed by atoms with E-state index in [-0.39, 0.29) is 0 Å². The van der Waals surface area contributed by atoms with Crippen molar-refractivity contribution in [3.8, 4) is 11.3 Å². The van der Waals surface area contributed by atoms with Crippen molar-refractivity contribution >= 4 is 27.8 Å². The van der Waals surface area contributed by atoms with E-state index in [2.05, 4.69) is 63.7 Å². The van der Waals surface area contributed by atoms with Crippen LogP contribution in [0.1, 0.15) is 13.8 Å². The Morgan fingerprint density at radius 1 is 1.00 bits per heavy atom. The number of hydrogen-bond acceptors (Lipinski definition) is 5. The molecule has 0 spiro atoms. The number of pyridine rings is 1. The zero-order valence-electron chi connectivity index (χ0n) is 13.4. The van der Waals surface area contributed by atoms with Gasteiger partial charge in [-0.15, -0.1) is 11.3 Å². The number of nitrogens with zero attached hydrogens (tertiary/aromatic N) is 3. The topological polar surface area (TPSA) is 41.0 Å². The van der Waals surface area contributed by atoms with Gasteiger partial charge in [0.2, 0.25) is 0 Å². The molecule has 118 valence electrons. The van der Waals surface area contributed by atoms with E-state index < -0.39 is 0 Å². The Kier molecular flexibility index (Phi) is 4.88. The van der Waals surface area contributed by atoms with Crippen LogP contribution in [0, 0.1) is 0 Å². The Morgan fingerprint density at radius 2 is 1.70 bits per heavy atom. The second-order valence-corrected chi connectivity index (χ2v) is 5.98. The van der Waals surface area contributed by atoms with Gasteiger partial charge >= 0.3 is 0 Å². The summed E-state index contributed by atoms with van der Waals surface area (Å²) in [5, 5.41) is 6.32. The maximum Gasteiger partial charge on any atom is 0.187 e. The third kappa shape index (κ3) is 3.68. The van der Waals surface area contributed by atoms with Gasteiger partial charge in [0.15, 0.2) is 5.13 Å². The quantitative estimate of drug-likeness (QED) is 0.707. The lowest BCUT2D eigenvalue weighted by atomic mass is 10.2. The molecule has 2 aromatic heterocycles. The molecule has 0 atom stereocenters. The normalized spacial score (nSPS) is 10.5. The van der Waals surface area contributed by atoms with Gasteiger partial charge in [0.1, 0.15) is 0 Å². The summed E-state index contributed by atoms with van der Waals surface area (Å²) in [7, 11) is 0. The Hall–Kier alpha value is -2.40. The van der Waals surface area contributed by atoms with Gasteiger partial charge in [-0.1, -0.05) is 0 Å². The van der Waals surface area contributed by atoms with Crippen LogP contribution >= 0.6 is 11.3 Å². The van der Waals surface area contributed by atoms with Crippen molar-refractivity contribution in [1.29, 1.82) is 0 Å². The molecule has 1 aromatic carbocycles. The van der Waals surface area contributed by atoms with E-state index in [9.17, 15) is 0 Å². The van der Waals surface area contributed by atoms with Gasteiger partial charge in [0.25, 0.3) is 0 Å². The predicted molar refractivity (Wildman–Crippen MR) is 98.6 cm³/mol. The molecule has 0 bridgehead atoms. The van der Waals surface area contributed by atoms with Crippen molar-refractivity contribution in [1.82, 2.24) is 9.97 Å². The van der Waals surface area contributed by atoms with Gasteiger partial charge < -0.3 is 10.2 Å². The number of anilines is 3. The number of benzene rings is 1. The molecule has 0 unspecified atom stereocenters.